The number of benzene rings is 1. The van der Waals surface area contributed by atoms with Gasteiger partial charge in [-0.3, -0.25) is 9.89 Å². The molecule has 2 heterocycles. The molecule has 4 nitrogen and oxygen atoms in total. The van der Waals surface area contributed by atoms with Gasteiger partial charge in [0.15, 0.2) is 5.76 Å². The zero-order chi connectivity index (χ0) is 11.7. The van der Waals surface area contributed by atoms with Gasteiger partial charge in [-0.05, 0) is 0 Å². The number of hydrogen-bond acceptors (Lipinski definition) is 2. The van der Waals surface area contributed by atoms with E-state index in [-0.39, 0.29) is 5.56 Å². The summed E-state index contributed by atoms with van der Waals surface area (Å²) in [5.41, 5.74) is 1.55. The van der Waals surface area contributed by atoms with Crippen molar-refractivity contribution in [1.29, 1.82) is 0 Å². The summed E-state index contributed by atoms with van der Waals surface area (Å²) in [4.78, 5) is 11.6. The van der Waals surface area contributed by atoms with E-state index in [0.29, 0.717) is 11.4 Å². The lowest BCUT2D eigenvalue weighted by Crippen LogP contribution is -2.13. The molecule has 17 heavy (non-hydrogen) atoms. The van der Waals surface area contributed by atoms with Gasteiger partial charge in [0.25, 0.3) is 5.56 Å². The second-order valence-corrected chi connectivity index (χ2v) is 3.64. The van der Waals surface area contributed by atoms with Crippen molar-refractivity contribution in [2.45, 2.75) is 0 Å². The maximum atomic E-state index is 11.6. The Kier molecular flexibility index (Phi) is 2.19. The smallest absolute Gasteiger partial charge is 0.271 e. The Labute approximate surface area is 97.1 Å². The van der Waals surface area contributed by atoms with Crippen molar-refractivity contribution in [3.8, 4) is 17.0 Å². The van der Waals surface area contributed by atoms with E-state index in [2.05, 4.69) is 5.10 Å². The van der Waals surface area contributed by atoms with E-state index in [1.807, 2.05) is 30.3 Å². The number of hydrogen-bond donors (Lipinski definition) is 1. The average molecular weight is 226 g/mol. The van der Waals surface area contributed by atoms with Crippen molar-refractivity contribution in [3.63, 3.8) is 0 Å². The van der Waals surface area contributed by atoms with Crippen LogP contribution < -0.4 is 5.56 Å². The van der Waals surface area contributed by atoms with Gasteiger partial charge in [-0.2, -0.15) is 0 Å². The molecule has 0 aliphatic heterocycles. The van der Waals surface area contributed by atoms with E-state index in [0.717, 1.165) is 5.56 Å². The molecule has 0 bridgehead atoms. The molecule has 0 aliphatic carbocycles. The van der Waals surface area contributed by atoms with Crippen LogP contribution in [-0.4, -0.2) is 9.78 Å². The molecule has 0 atom stereocenters. The zero-order valence-electron chi connectivity index (χ0n) is 8.96. The van der Waals surface area contributed by atoms with Gasteiger partial charge < -0.3 is 4.42 Å². The maximum absolute atomic E-state index is 11.6. The molecule has 0 fully saturated rings. The molecular formula is C13H10N2O2. The van der Waals surface area contributed by atoms with Gasteiger partial charge in [-0.25, -0.2) is 4.68 Å². The molecule has 0 saturated heterocycles. The SMILES string of the molecule is O=c1cc[nH]n1-c1ccoc1-c1ccccc1. The topological polar surface area (TPSA) is 50.9 Å². The van der Waals surface area contributed by atoms with Crippen LogP contribution in [0.25, 0.3) is 17.0 Å². The second kappa shape index (κ2) is 3.83. The van der Waals surface area contributed by atoms with E-state index in [1.54, 1.807) is 18.5 Å². The highest BCUT2D eigenvalue weighted by molar-refractivity contribution is 5.66. The predicted octanol–water partition coefficient (Wildman–Crippen LogP) is 2.43. The number of H-pyrrole nitrogens is 1. The summed E-state index contributed by atoms with van der Waals surface area (Å²) in [6.07, 6.45) is 3.18. The number of aromatic amines is 1. The van der Waals surface area contributed by atoms with Crippen molar-refractivity contribution in [3.05, 3.63) is 65.3 Å². The fourth-order valence-electron chi connectivity index (χ4n) is 1.79. The first-order valence-corrected chi connectivity index (χ1v) is 5.26. The fraction of sp³-hybridized carbons (Fsp3) is 0. The Hall–Kier alpha value is -2.49. The van der Waals surface area contributed by atoms with Crippen LogP contribution in [0.15, 0.2) is 64.1 Å². The molecule has 1 N–H and O–H groups in total. The Balaban J connectivity index is 2.19. The Bertz CT molecular complexity index is 677. The van der Waals surface area contributed by atoms with Crippen molar-refractivity contribution < 1.29 is 4.42 Å². The zero-order valence-corrected chi connectivity index (χ0v) is 8.96. The van der Waals surface area contributed by atoms with Crippen LogP contribution in [0.5, 0.6) is 0 Å². The van der Waals surface area contributed by atoms with Gasteiger partial charge in [-0.15, -0.1) is 0 Å². The number of nitrogens with one attached hydrogen (secondary N) is 1. The minimum atomic E-state index is -0.108. The lowest BCUT2D eigenvalue weighted by molar-refractivity contribution is 0.579. The minimum Gasteiger partial charge on any atom is -0.462 e. The summed E-state index contributed by atoms with van der Waals surface area (Å²) in [6.45, 7) is 0. The van der Waals surface area contributed by atoms with Crippen molar-refractivity contribution in [1.82, 2.24) is 9.78 Å². The van der Waals surface area contributed by atoms with Crippen LogP contribution in [0, 0.1) is 0 Å². The second-order valence-electron chi connectivity index (χ2n) is 3.64. The number of aromatic nitrogens is 2. The van der Waals surface area contributed by atoms with Crippen LogP contribution in [0.1, 0.15) is 0 Å². The van der Waals surface area contributed by atoms with Crippen LogP contribution in [0.2, 0.25) is 0 Å². The first-order valence-electron chi connectivity index (χ1n) is 5.26. The molecule has 3 aromatic rings. The van der Waals surface area contributed by atoms with Gasteiger partial charge in [0.2, 0.25) is 0 Å². The minimum absolute atomic E-state index is 0.108. The quantitative estimate of drug-likeness (QED) is 0.729. The summed E-state index contributed by atoms with van der Waals surface area (Å²) in [5, 5.41) is 2.86. The summed E-state index contributed by atoms with van der Waals surface area (Å²) in [6, 6.07) is 12.9. The van der Waals surface area contributed by atoms with E-state index < -0.39 is 0 Å². The molecule has 4 heteroatoms. The standard InChI is InChI=1S/C13H10N2O2/c16-12-6-8-14-15(12)11-7-9-17-13(11)10-4-2-1-3-5-10/h1-9,14H. The van der Waals surface area contributed by atoms with E-state index >= 15 is 0 Å². The third-order valence-electron chi connectivity index (χ3n) is 2.57. The summed E-state index contributed by atoms with van der Waals surface area (Å²) in [7, 11) is 0. The fourth-order valence-corrected chi connectivity index (χ4v) is 1.79. The molecule has 0 amide bonds. The predicted molar refractivity (Wildman–Crippen MR) is 64.1 cm³/mol. The summed E-state index contributed by atoms with van der Waals surface area (Å²) < 4.78 is 6.90. The van der Waals surface area contributed by atoms with Crippen molar-refractivity contribution in [2.24, 2.45) is 0 Å². The Morgan fingerprint density at radius 3 is 2.59 bits per heavy atom. The Morgan fingerprint density at radius 2 is 1.88 bits per heavy atom. The maximum Gasteiger partial charge on any atom is 0.271 e. The average Bonchev–Trinajstić information content (AvgIpc) is 2.98. The largest absolute Gasteiger partial charge is 0.462 e. The lowest BCUT2D eigenvalue weighted by atomic mass is 10.1. The van der Waals surface area contributed by atoms with Crippen LogP contribution >= 0.6 is 0 Å². The van der Waals surface area contributed by atoms with Crippen LogP contribution in [-0.2, 0) is 0 Å². The van der Waals surface area contributed by atoms with Crippen LogP contribution in [0.4, 0.5) is 0 Å². The number of nitrogens with zero attached hydrogens (tertiary/aromatic N) is 1. The lowest BCUT2D eigenvalue weighted by Gasteiger charge is -2.02. The molecule has 1 aromatic carbocycles. The molecule has 0 spiro atoms. The van der Waals surface area contributed by atoms with Crippen molar-refractivity contribution in [2.75, 3.05) is 0 Å². The first-order chi connectivity index (χ1) is 8.36. The molecule has 0 saturated carbocycles. The van der Waals surface area contributed by atoms with Gasteiger partial charge in [0, 0.05) is 23.9 Å². The molecular weight excluding hydrogens is 216 g/mol. The Morgan fingerprint density at radius 1 is 1.06 bits per heavy atom. The first kappa shape index (κ1) is 9.72. The normalized spacial score (nSPS) is 10.6. The third-order valence-corrected chi connectivity index (χ3v) is 2.57. The van der Waals surface area contributed by atoms with E-state index in [1.165, 1.54) is 10.7 Å². The molecule has 0 unspecified atom stereocenters. The molecule has 84 valence electrons. The highest BCUT2D eigenvalue weighted by Gasteiger charge is 2.11. The van der Waals surface area contributed by atoms with Crippen molar-refractivity contribution >= 4 is 0 Å². The molecule has 0 aliphatic rings. The summed E-state index contributed by atoms with van der Waals surface area (Å²) >= 11 is 0. The number of rotatable bonds is 2. The monoisotopic (exact) mass is 226 g/mol. The van der Waals surface area contributed by atoms with Gasteiger partial charge in [-0.1, -0.05) is 30.3 Å². The van der Waals surface area contributed by atoms with Gasteiger partial charge in [0.1, 0.15) is 5.69 Å². The molecule has 0 radical (unpaired) electrons. The molecule has 3 rings (SSSR count). The van der Waals surface area contributed by atoms with E-state index in [9.17, 15) is 4.79 Å². The third kappa shape index (κ3) is 1.59. The summed E-state index contributed by atoms with van der Waals surface area (Å²) in [5.74, 6) is 0.676. The van der Waals surface area contributed by atoms with E-state index in [4.69, 9.17) is 4.42 Å². The highest BCUT2D eigenvalue weighted by atomic mass is 16.3. The number of furan rings is 1. The van der Waals surface area contributed by atoms with Crippen LogP contribution in [0.3, 0.4) is 0 Å². The highest BCUT2D eigenvalue weighted by Crippen LogP contribution is 2.26. The molecule has 2 aromatic heterocycles. The van der Waals surface area contributed by atoms with Gasteiger partial charge >= 0.3 is 0 Å². The van der Waals surface area contributed by atoms with Gasteiger partial charge in [0.05, 0.1) is 6.26 Å².